The third kappa shape index (κ3) is 5.07. The first-order chi connectivity index (χ1) is 8.93. The highest BCUT2D eigenvalue weighted by Crippen LogP contribution is 2.19. The zero-order valence-electron chi connectivity index (χ0n) is 12.5. The van der Waals surface area contributed by atoms with Crippen molar-refractivity contribution in [2.45, 2.75) is 46.7 Å². The molecule has 3 nitrogen and oxygen atoms in total. The first-order valence-corrected chi connectivity index (χ1v) is 7.29. The highest BCUT2D eigenvalue weighted by atomic mass is 32.1. The van der Waals surface area contributed by atoms with E-state index in [1.54, 1.807) is 0 Å². The molecule has 0 spiro atoms. The summed E-state index contributed by atoms with van der Waals surface area (Å²) in [4.78, 5) is 2.36. The Labute approximate surface area is 122 Å². The van der Waals surface area contributed by atoms with E-state index < -0.39 is 0 Å². The van der Waals surface area contributed by atoms with Gasteiger partial charge in [-0.2, -0.15) is 0 Å². The molecule has 0 bridgehead atoms. The molecule has 0 amide bonds. The van der Waals surface area contributed by atoms with Gasteiger partial charge in [0.25, 0.3) is 0 Å². The summed E-state index contributed by atoms with van der Waals surface area (Å²) in [6.07, 6.45) is 0. The summed E-state index contributed by atoms with van der Waals surface area (Å²) in [5.41, 5.74) is 2.26. The Morgan fingerprint density at radius 2 is 1.74 bits per heavy atom. The molecule has 0 saturated carbocycles. The molecule has 106 valence electrons. The van der Waals surface area contributed by atoms with Crippen LogP contribution in [0.4, 0.5) is 11.4 Å². The summed E-state index contributed by atoms with van der Waals surface area (Å²) in [5, 5.41) is 7.02. The molecule has 0 unspecified atom stereocenters. The zero-order valence-corrected chi connectivity index (χ0v) is 13.3. The van der Waals surface area contributed by atoms with E-state index in [1.165, 1.54) is 5.69 Å². The minimum Gasteiger partial charge on any atom is -0.369 e. The summed E-state index contributed by atoms with van der Waals surface area (Å²) in [6, 6.07) is 9.24. The fourth-order valence-electron chi connectivity index (χ4n) is 2.01. The van der Waals surface area contributed by atoms with Crippen molar-refractivity contribution in [1.82, 2.24) is 5.32 Å². The van der Waals surface area contributed by atoms with Crippen molar-refractivity contribution < 1.29 is 0 Å². The Kier molecular flexibility index (Phi) is 6.09. The monoisotopic (exact) mass is 279 g/mol. The van der Waals surface area contributed by atoms with Crippen molar-refractivity contribution in [2.75, 3.05) is 16.8 Å². The second-order valence-corrected chi connectivity index (χ2v) is 5.59. The standard InChI is InChI=1S/C15H25N3S/c1-6-18(12(4)5)14-9-7-13(8-10-14)17-15(19)16-11(2)3/h7-12H,6H2,1-5H3,(H2,16,17,19). The summed E-state index contributed by atoms with van der Waals surface area (Å²) >= 11 is 5.23. The maximum atomic E-state index is 5.23. The van der Waals surface area contributed by atoms with Crippen molar-refractivity contribution in [1.29, 1.82) is 0 Å². The maximum Gasteiger partial charge on any atom is 0.170 e. The van der Waals surface area contributed by atoms with E-state index >= 15 is 0 Å². The molecule has 0 fully saturated rings. The number of nitrogens with zero attached hydrogens (tertiary/aromatic N) is 1. The Morgan fingerprint density at radius 1 is 1.16 bits per heavy atom. The van der Waals surface area contributed by atoms with E-state index in [4.69, 9.17) is 12.2 Å². The van der Waals surface area contributed by atoms with Gasteiger partial charge in [0.05, 0.1) is 0 Å². The van der Waals surface area contributed by atoms with Crippen molar-refractivity contribution in [3.05, 3.63) is 24.3 Å². The third-order valence-corrected chi connectivity index (χ3v) is 3.06. The first kappa shape index (κ1) is 15.8. The molecular weight excluding hydrogens is 254 g/mol. The van der Waals surface area contributed by atoms with Crippen molar-refractivity contribution in [3.63, 3.8) is 0 Å². The summed E-state index contributed by atoms with van der Waals surface area (Å²) in [7, 11) is 0. The molecule has 0 saturated heterocycles. The normalized spacial score (nSPS) is 10.7. The van der Waals surface area contributed by atoms with Crippen LogP contribution in [0.25, 0.3) is 0 Å². The lowest BCUT2D eigenvalue weighted by Crippen LogP contribution is -2.34. The van der Waals surface area contributed by atoms with Crippen molar-refractivity contribution in [3.8, 4) is 0 Å². The predicted molar refractivity (Wildman–Crippen MR) is 89.1 cm³/mol. The van der Waals surface area contributed by atoms with Crippen molar-refractivity contribution in [2.24, 2.45) is 0 Å². The zero-order chi connectivity index (χ0) is 14.4. The quantitative estimate of drug-likeness (QED) is 0.805. The van der Waals surface area contributed by atoms with Gasteiger partial charge in [0.15, 0.2) is 5.11 Å². The van der Waals surface area contributed by atoms with E-state index in [2.05, 4.69) is 74.4 Å². The lowest BCUT2D eigenvalue weighted by Gasteiger charge is -2.27. The lowest BCUT2D eigenvalue weighted by atomic mass is 10.2. The Morgan fingerprint density at radius 3 is 2.16 bits per heavy atom. The Balaban J connectivity index is 2.68. The van der Waals surface area contributed by atoms with Crippen LogP contribution in [0.15, 0.2) is 24.3 Å². The van der Waals surface area contributed by atoms with Gasteiger partial charge in [-0.15, -0.1) is 0 Å². The number of thiocarbonyl (C=S) groups is 1. The van der Waals surface area contributed by atoms with Crippen LogP contribution in [-0.4, -0.2) is 23.7 Å². The smallest absolute Gasteiger partial charge is 0.170 e. The Hall–Kier alpha value is -1.29. The summed E-state index contributed by atoms with van der Waals surface area (Å²) in [5.74, 6) is 0. The first-order valence-electron chi connectivity index (χ1n) is 6.88. The molecule has 0 heterocycles. The van der Waals surface area contributed by atoms with Gasteiger partial charge in [0.2, 0.25) is 0 Å². The average Bonchev–Trinajstić information content (AvgIpc) is 2.30. The van der Waals surface area contributed by atoms with Crippen LogP contribution < -0.4 is 15.5 Å². The molecule has 0 aliphatic heterocycles. The summed E-state index contributed by atoms with van der Waals surface area (Å²) < 4.78 is 0. The average molecular weight is 279 g/mol. The van der Waals surface area contributed by atoms with E-state index in [0.717, 1.165) is 12.2 Å². The molecule has 2 N–H and O–H groups in total. The van der Waals surface area contributed by atoms with Gasteiger partial charge in [0.1, 0.15) is 0 Å². The van der Waals surface area contributed by atoms with Crippen LogP contribution in [0.2, 0.25) is 0 Å². The predicted octanol–water partition coefficient (Wildman–Crippen LogP) is 3.62. The van der Waals surface area contributed by atoms with E-state index in [-0.39, 0.29) is 0 Å². The number of benzene rings is 1. The SMILES string of the molecule is CCN(c1ccc(NC(=S)NC(C)C)cc1)C(C)C. The van der Waals surface area contributed by atoms with Crippen LogP contribution in [0, 0.1) is 0 Å². The Bertz CT molecular complexity index is 398. The van der Waals surface area contributed by atoms with Gasteiger partial charge in [-0.1, -0.05) is 0 Å². The molecule has 0 aliphatic rings. The third-order valence-electron chi connectivity index (χ3n) is 2.84. The van der Waals surface area contributed by atoms with Crippen LogP contribution in [0.5, 0.6) is 0 Å². The van der Waals surface area contributed by atoms with Gasteiger partial charge >= 0.3 is 0 Å². The molecule has 19 heavy (non-hydrogen) atoms. The van der Waals surface area contributed by atoms with Gasteiger partial charge < -0.3 is 15.5 Å². The van der Waals surface area contributed by atoms with Crippen LogP contribution in [0.3, 0.4) is 0 Å². The van der Waals surface area contributed by atoms with Gasteiger partial charge in [-0.3, -0.25) is 0 Å². The molecule has 0 atom stereocenters. The molecule has 4 heteroatoms. The van der Waals surface area contributed by atoms with Crippen molar-refractivity contribution >= 4 is 28.7 Å². The van der Waals surface area contributed by atoms with E-state index in [1.807, 2.05) is 0 Å². The molecule has 1 aromatic rings. The molecule has 1 rings (SSSR count). The van der Waals surface area contributed by atoms with Gasteiger partial charge in [-0.25, -0.2) is 0 Å². The second-order valence-electron chi connectivity index (χ2n) is 5.18. The summed E-state index contributed by atoms with van der Waals surface area (Å²) in [6.45, 7) is 11.7. The van der Waals surface area contributed by atoms with Crippen LogP contribution >= 0.6 is 12.2 Å². The van der Waals surface area contributed by atoms with Gasteiger partial charge in [-0.05, 0) is 71.1 Å². The van der Waals surface area contributed by atoms with E-state index in [0.29, 0.717) is 17.2 Å². The largest absolute Gasteiger partial charge is 0.369 e. The maximum absolute atomic E-state index is 5.23. The number of anilines is 2. The molecule has 1 aromatic carbocycles. The molecule has 0 aromatic heterocycles. The highest BCUT2D eigenvalue weighted by molar-refractivity contribution is 7.80. The number of nitrogens with one attached hydrogen (secondary N) is 2. The lowest BCUT2D eigenvalue weighted by molar-refractivity contribution is 0.704. The topological polar surface area (TPSA) is 27.3 Å². The second kappa shape index (κ2) is 7.34. The van der Waals surface area contributed by atoms with Crippen LogP contribution in [0.1, 0.15) is 34.6 Å². The fraction of sp³-hybridized carbons (Fsp3) is 0.533. The van der Waals surface area contributed by atoms with Crippen LogP contribution in [-0.2, 0) is 0 Å². The van der Waals surface area contributed by atoms with Gasteiger partial charge in [0, 0.05) is 30.0 Å². The minimum atomic E-state index is 0.343. The molecule has 0 radical (unpaired) electrons. The highest BCUT2D eigenvalue weighted by Gasteiger charge is 2.08. The number of hydrogen-bond donors (Lipinski definition) is 2. The molecule has 0 aliphatic carbocycles. The molecular formula is C15H25N3S. The fourth-order valence-corrected chi connectivity index (χ4v) is 2.37. The number of hydrogen-bond acceptors (Lipinski definition) is 2. The van der Waals surface area contributed by atoms with E-state index in [9.17, 15) is 0 Å². The number of rotatable bonds is 5. The minimum absolute atomic E-state index is 0.343.